The van der Waals surface area contributed by atoms with Gasteiger partial charge in [-0.25, -0.2) is 0 Å². The maximum absolute atomic E-state index is 12.0. The Kier molecular flexibility index (Phi) is 5.15. The summed E-state index contributed by atoms with van der Waals surface area (Å²) >= 11 is 0. The molecular formula is C21H28N4O3. The molecule has 0 spiro atoms. The third-order valence-corrected chi connectivity index (χ3v) is 5.45. The van der Waals surface area contributed by atoms with Crippen LogP contribution in [0.2, 0.25) is 0 Å². The topological polar surface area (TPSA) is 77.4 Å². The van der Waals surface area contributed by atoms with Crippen molar-refractivity contribution >= 4 is 11.6 Å². The van der Waals surface area contributed by atoms with Crippen LogP contribution in [0.5, 0.6) is 11.5 Å². The van der Waals surface area contributed by atoms with Crippen LogP contribution in [0.25, 0.3) is 0 Å². The summed E-state index contributed by atoms with van der Waals surface area (Å²) in [7, 11) is 3.33. The van der Waals surface area contributed by atoms with Gasteiger partial charge in [0.15, 0.2) is 11.5 Å². The molecule has 2 N–H and O–H groups in total. The van der Waals surface area contributed by atoms with Gasteiger partial charge in [0.05, 0.1) is 32.1 Å². The fraction of sp³-hybridized carbons (Fsp3) is 0.524. The van der Waals surface area contributed by atoms with Gasteiger partial charge in [-0.05, 0) is 54.9 Å². The fourth-order valence-corrected chi connectivity index (χ4v) is 3.94. The lowest BCUT2D eigenvalue weighted by molar-refractivity contribution is -0.122. The number of rotatable bonds is 7. The van der Waals surface area contributed by atoms with Crippen LogP contribution in [-0.2, 0) is 17.8 Å². The predicted molar refractivity (Wildman–Crippen MR) is 107 cm³/mol. The van der Waals surface area contributed by atoms with E-state index in [0.717, 1.165) is 42.9 Å². The van der Waals surface area contributed by atoms with Crippen molar-refractivity contribution in [2.45, 2.75) is 51.2 Å². The van der Waals surface area contributed by atoms with E-state index in [9.17, 15) is 4.79 Å². The number of benzene rings is 1. The summed E-state index contributed by atoms with van der Waals surface area (Å²) in [6.07, 6.45) is 7.90. The minimum Gasteiger partial charge on any atom is -0.493 e. The minimum atomic E-state index is 0.0191. The van der Waals surface area contributed by atoms with E-state index in [1.807, 2.05) is 6.20 Å². The molecule has 1 fully saturated rings. The number of nitrogens with zero attached hydrogens (tertiary/aromatic N) is 2. The molecule has 2 unspecified atom stereocenters. The molecule has 1 aromatic heterocycles. The highest BCUT2D eigenvalue weighted by Crippen LogP contribution is 2.41. The minimum absolute atomic E-state index is 0.0191. The van der Waals surface area contributed by atoms with E-state index >= 15 is 0 Å². The highest BCUT2D eigenvalue weighted by molar-refractivity contribution is 5.76. The van der Waals surface area contributed by atoms with Gasteiger partial charge in [0, 0.05) is 12.2 Å². The Hall–Kier alpha value is -2.70. The Labute approximate surface area is 165 Å². The van der Waals surface area contributed by atoms with Gasteiger partial charge in [-0.2, -0.15) is 5.10 Å². The largest absolute Gasteiger partial charge is 0.493 e. The normalized spacial score (nSPS) is 21.0. The Morgan fingerprint density at radius 2 is 2.00 bits per heavy atom. The first-order valence-corrected chi connectivity index (χ1v) is 9.89. The summed E-state index contributed by atoms with van der Waals surface area (Å²) in [6, 6.07) is 4.69. The molecule has 1 heterocycles. The van der Waals surface area contributed by atoms with Crippen molar-refractivity contribution in [3.05, 3.63) is 35.7 Å². The molecular weight excluding hydrogens is 356 g/mol. The van der Waals surface area contributed by atoms with E-state index in [2.05, 4.69) is 34.8 Å². The number of carbonyl (C=O) groups is 1. The van der Waals surface area contributed by atoms with E-state index in [1.165, 1.54) is 11.1 Å². The summed E-state index contributed by atoms with van der Waals surface area (Å²) in [6.45, 7) is 2.51. The molecule has 0 bridgehead atoms. The SMILES string of the molecule is COc1cc2c(cc1OC)C(Nc1cnn(CC(=O)NC3CC3)c1)CC(C)C2. The smallest absolute Gasteiger partial charge is 0.241 e. The quantitative estimate of drug-likeness (QED) is 0.768. The lowest BCUT2D eigenvalue weighted by atomic mass is 9.81. The van der Waals surface area contributed by atoms with Crippen LogP contribution in [0.3, 0.4) is 0 Å². The summed E-state index contributed by atoms with van der Waals surface area (Å²) < 4.78 is 12.6. The van der Waals surface area contributed by atoms with Crippen molar-refractivity contribution in [1.29, 1.82) is 0 Å². The number of hydrogen-bond acceptors (Lipinski definition) is 5. The van der Waals surface area contributed by atoms with Gasteiger partial charge in [0.2, 0.25) is 5.91 Å². The second kappa shape index (κ2) is 7.73. The van der Waals surface area contributed by atoms with E-state index in [-0.39, 0.29) is 18.5 Å². The second-order valence-electron chi connectivity index (χ2n) is 7.92. The zero-order valence-corrected chi connectivity index (χ0v) is 16.7. The number of methoxy groups -OCH3 is 2. The summed E-state index contributed by atoms with van der Waals surface area (Å²) in [5, 5.41) is 10.9. The van der Waals surface area contributed by atoms with Crippen LogP contribution in [0, 0.1) is 5.92 Å². The maximum Gasteiger partial charge on any atom is 0.241 e. The van der Waals surface area contributed by atoms with E-state index < -0.39 is 0 Å². The number of amides is 1. The molecule has 28 heavy (non-hydrogen) atoms. The average Bonchev–Trinajstić information content (AvgIpc) is 3.38. The monoisotopic (exact) mass is 384 g/mol. The zero-order valence-electron chi connectivity index (χ0n) is 16.7. The maximum atomic E-state index is 12.0. The molecule has 150 valence electrons. The standard InChI is InChI=1S/C21H28N4O3/c1-13-6-14-8-19(27-2)20(28-3)9-17(14)18(7-13)23-16-10-22-25(11-16)12-21(26)24-15-4-5-15/h8-11,13,15,18,23H,4-7,12H2,1-3H3,(H,24,26). The first-order valence-electron chi connectivity index (χ1n) is 9.89. The molecule has 2 aromatic rings. The number of nitrogens with one attached hydrogen (secondary N) is 2. The first-order chi connectivity index (χ1) is 13.6. The first kappa shape index (κ1) is 18.7. The molecule has 7 heteroatoms. The molecule has 2 aliphatic carbocycles. The average molecular weight is 384 g/mol. The van der Waals surface area contributed by atoms with Gasteiger partial charge in [0.1, 0.15) is 6.54 Å². The Morgan fingerprint density at radius 3 is 2.71 bits per heavy atom. The summed E-state index contributed by atoms with van der Waals surface area (Å²) in [4.78, 5) is 12.0. The molecule has 2 aliphatic rings. The molecule has 7 nitrogen and oxygen atoms in total. The van der Waals surface area contributed by atoms with Gasteiger partial charge in [-0.15, -0.1) is 0 Å². The van der Waals surface area contributed by atoms with Crippen LogP contribution >= 0.6 is 0 Å². The van der Waals surface area contributed by atoms with Crippen molar-refractivity contribution in [1.82, 2.24) is 15.1 Å². The zero-order chi connectivity index (χ0) is 19.7. The highest BCUT2D eigenvalue weighted by atomic mass is 16.5. The van der Waals surface area contributed by atoms with E-state index in [4.69, 9.17) is 9.47 Å². The van der Waals surface area contributed by atoms with Crippen molar-refractivity contribution in [2.75, 3.05) is 19.5 Å². The molecule has 1 aromatic carbocycles. The molecule has 4 rings (SSSR count). The van der Waals surface area contributed by atoms with Gasteiger partial charge in [-0.1, -0.05) is 6.92 Å². The molecule has 0 aliphatic heterocycles. The van der Waals surface area contributed by atoms with Crippen LogP contribution in [0.4, 0.5) is 5.69 Å². The number of aromatic nitrogens is 2. The Bertz CT molecular complexity index is 859. The van der Waals surface area contributed by atoms with Crippen molar-refractivity contribution < 1.29 is 14.3 Å². The number of anilines is 1. The number of hydrogen-bond donors (Lipinski definition) is 2. The van der Waals surface area contributed by atoms with E-state index in [1.54, 1.807) is 25.1 Å². The van der Waals surface area contributed by atoms with Crippen LogP contribution in [0.15, 0.2) is 24.5 Å². The molecule has 0 saturated heterocycles. The summed E-state index contributed by atoms with van der Waals surface area (Å²) in [5.74, 6) is 2.09. The van der Waals surface area contributed by atoms with E-state index in [0.29, 0.717) is 12.0 Å². The third-order valence-electron chi connectivity index (χ3n) is 5.45. The molecule has 1 saturated carbocycles. The van der Waals surface area contributed by atoms with Crippen LogP contribution < -0.4 is 20.1 Å². The molecule has 1 amide bonds. The highest BCUT2D eigenvalue weighted by Gasteiger charge is 2.27. The number of carbonyl (C=O) groups excluding carboxylic acids is 1. The van der Waals surface area contributed by atoms with Gasteiger partial charge in [0.25, 0.3) is 0 Å². The predicted octanol–water partition coefficient (Wildman–Crippen LogP) is 2.91. The third kappa shape index (κ3) is 4.08. The Balaban J connectivity index is 1.50. The van der Waals surface area contributed by atoms with Crippen LogP contribution in [-0.4, -0.2) is 35.9 Å². The molecule has 0 radical (unpaired) electrons. The fourth-order valence-electron chi connectivity index (χ4n) is 3.94. The van der Waals surface area contributed by atoms with Gasteiger partial charge in [-0.3, -0.25) is 9.48 Å². The number of ether oxygens (including phenoxy) is 2. The second-order valence-corrected chi connectivity index (χ2v) is 7.92. The van der Waals surface area contributed by atoms with Gasteiger partial charge < -0.3 is 20.1 Å². The number of fused-ring (bicyclic) bond motifs is 1. The summed E-state index contributed by atoms with van der Waals surface area (Å²) in [5.41, 5.74) is 3.43. The molecule has 2 atom stereocenters. The Morgan fingerprint density at radius 1 is 1.25 bits per heavy atom. The van der Waals surface area contributed by atoms with Crippen molar-refractivity contribution in [3.8, 4) is 11.5 Å². The lowest BCUT2D eigenvalue weighted by Crippen LogP contribution is -2.29. The van der Waals surface area contributed by atoms with Crippen molar-refractivity contribution in [3.63, 3.8) is 0 Å². The van der Waals surface area contributed by atoms with Gasteiger partial charge >= 0.3 is 0 Å². The van der Waals surface area contributed by atoms with Crippen LogP contribution in [0.1, 0.15) is 43.4 Å². The lowest BCUT2D eigenvalue weighted by Gasteiger charge is -2.31. The van der Waals surface area contributed by atoms with Crippen molar-refractivity contribution in [2.24, 2.45) is 5.92 Å².